The van der Waals surface area contributed by atoms with Crippen molar-refractivity contribution >= 4 is 63.3 Å². The lowest BCUT2D eigenvalue weighted by Gasteiger charge is -2.21. The SMILES string of the molecule is Cc1cc(O)c(C(C)C)cc1-c1csc(N2C(=O)C(CC(=O)O)SC2c2ccc(Cl)c(Cl)c2)n1. The number of anilines is 1. The maximum absolute atomic E-state index is 13.3. The van der Waals surface area contributed by atoms with Crippen LogP contribution in [-0.4, -0.2) is 32.3 Å². The van der Waals surface area contributed by atoms with Crippen LogP contribution in [0.1, 0.15) is 48.3 Å². The number of carbonyl (C=O) groups excluding carboxylic acids is 1. The van der Waals surface area contributed by atoms with Gasteiger partial charge in [-0.3, -0.25) is 14.5 Å². The molecule has 2 heterocycles. The predicted molar refractivity (Wildman–Crippen MR) is 138 cm³/mol. The van der Waals surface area contributed by atoms with E-state index >= 15 is 0 Å². The third-order valence-electron chi connectivity index (χ3n) is 5.60. The molecule has 1 fully saturated rings. The highest BCUT2D eigenvalue weighted by Gasteiger charge is 2.44. The largest absolute Gasteiger partial charge is 0.508 e. The summed E-state index contributed by atoms with van der Waals surface area (Å²) in [6.45, 7) is 5.91. The van der Waals surface area contributed by atoms with Gasteiger partial charge in [0, 0.05) is 10.9 Å². The number of aryl methyl sites for hydroxylation is 1. The zero-order valence-corrected chi connectivity index (χ0v) is 21.7. The molecule has 4 rings (SSSR count). The van der Waals surface area contributed by atoms with Crippen LogP contribution >= 0.6 is 46.3 Å². The molecule has 2 N–H and O–H groups in total. The number of phenols is 1. The number of halogens is 2. The monoisotopic (exact) mass is 536 g/mol. The van der Waals surface area contributed by atoms with Gasteiger partial charge < -0.3 is 10.2 Å². The highest BCUT2D eigenvalue weighted by Crippen LogP contribution is 2.49. The lowest BCUT2D eigenvalue weighted by Crippen LogP contribution is -2.31. The first-order chi connectivity index (χ1) is 16.1. The molecule has 1 aliphatic rings. The lowest BCUT2D eigenvalue weighted by atomic mass is 9.95. The van der Waals surface area contributed by atoms with Gasteiger partial charge in [-0.2, -0.15) is 0 Å². The van der Waals surface area contributed by atoms with Gasteiger partial charge in [-0.05, 0) is 53.8 Å². The van der Waals surface area contributed by atoms with Crippen molar-refractivity contribution < 1.29 is 19.8 Å². The van der Waals surface area contributed by atoms with Crippen LogP contribution in [0.25, 0.3) is 11.3 Å². The molecule has 0 aliphatic carbocycles. The van der Waals surface area contributed by atoms with Crippen LogP contribution in [0.4, 0.5) is 5.13 Å². The van der Waals surface area contributed by atoms with E-state index < -0.39 is 16.6 Å². The van der Waals surface area contributed by atoms with Gasteiger partial charge in [0.25, 0.3) is 0 Å². The first-order valence-electron chi connectivity index (χ1n) is 10.5. The number of thioether (sulfide) groups is 1. The Kier molecular flexibility index (Phi) is 7.14. The second-order valence-electron chi connectivity index (χ2n) is 8.35. The highest BCUT2D eigenvalue weighted by atomic mass is 35.5. The molecular formula is C24H22Cl2N2O4S2. The van der Waals surface area contributed by atoms with Crippen LogP contribution in [0.2, 0.25) is 10.0 Å². The number of nitrogens with zero attached hydrogens (tertiary/aromatic N) is 2. The first-order valence-corrected chi connectivity index (χ1v) is 13.1. The van der Waals surface area contributed by atoms with Crippen molar-refractivity contribution in [2.24, 2.45) is 0 Å². The van der Waals surface area contributed by atoms with Crippen molar-refractivity contribution in [3.05, 3.63) is 62.4 Å². The van der Waals surface area contributed by atoms with Gasteiger partial charge in [-0.15, -0.1) is 23.1 Å². The Morgan fingerprint density at radius 1 is 1.21 bits per heavy atom. The molecule has 2 atom stereocenters. The molecule has 1 aliphatic heterocycles. The van der Waals surface area contributed by atoms with Crippen LogP contribution in [0, 0.1) is 6.92 Å². The van der Waals surface area contributed by atoms with Crippen LogP contribution in [0.3, 0.4) is 0 Å². The summed E-state index contributed by atoms with van der Waals surface area (Å²) in [4.78, 5) is 31.0. The Morgan fingerprint density at radius 3 is 2.59 bits per heavy atom. The van der Waals surface area contributed by atoms with Gasteiger partial charge in [-0.1, -0.05) is 43.1 Å². The van der Waals surface area contributed by atoms with Crippen LogP contribution in [-0.2, 0) is 9.59 Å². The van der Waals surface area contributed by atoms with E-state index in [1.165, 1.54) is 23.1 Å². The van der Waals surface area contributed by atoms with E-state index in [1.54, 1.807) is 29.2 Å². The van der Waals surface area contributed by atoms with Crippen molar-refractivity contribution in [3.8, 4) is 17.0 Å². The molecular weight excluding hydrogens is 515 g/mol. The van der Waals surface area contributed by atoms with E-state index in [0.29, 0.717) is 20.9 Å². The molecule has 2 unspecified atom stereocenters. The van der Waals surface area contributed by atoms with Gasteiger partial charge in [0.1, 0.15) is 11.1 Å². The van der Waals surface area contributed by atoms with Crippen molar-refractivity contribution in [3.63, 3.8) is 0 Å². The number of hydrogen-bond donors (Lipinski definition) is 2. The predicted octanol–water partition coefficient (Wildman–Crippen LogP) is 6.88. The van der Waals surface area contributed by atoms with Gasteiger partial charge in [-0.25, -0.2) is 4.98 Å². The normalized spacial score (nSPS) is 18.2. The minimum atomic E-state index is -1.04. The lowest BCUT2D eigenvalue weighted by molar-refractivity contribution is -0.138. The number of thiazole rings is 1. The molecule has 3 aromatic rings. The van der Waals surface area contributed by atoms with Gasteiger partial charge in [0.05, 0.1) is 27.4 Å². The van der Waals surface area contributed by atoms with Gasteiger partial charge in [0.2, 0.25) is 5.91 Å². The molecule has 178 valence electrons. The van der Waals surface area contributed by atoms with Crippen LogP contribution in [0.5, 0.6) is 5.75 Å². The number of benzene rings is 2. The van der Waals surface area contributed by atoms with E-state index in [4.69, 9.17) is 28.2 Å². The van der Waals surface area contributed by atoms with Gasteiger partial charge >= 0.3 is 5.97 Å². The number of carboxylic acids is 1. The van der Waals surface area contributed by atoms with Crippen LogP contribution < -0.4 is 4.90 Å². The second kappa shape index (κ2) is 9.77. The number of aromatic hydroxyl groups is 1. The number of carbonyl (C=O) groups is 2. The topological polar surface area (TPSA) is 90.7 Å². The summed E-state index contributed by atoms with van der Waals surface area (Å²) in [5, 5.41) is 21.5. The number of rotatable bonds is 6. The summed E-state index contributed by atoms with van der Waals surface area (Å²) < 4.78 is 0. The molecule has 1 saturated heterocycles. The van der Waals surface area contributed by atoms with Gasteiger partial charge in [0.15, 0.2) is 5.13 Å². The molecule has 1 aromatic heterocycles. The average Bonchev–Trinajstić information content (AvgIpc) is 3.34. The molecule has 10 heteroatoms. The molecule has 6 nitrogen and oxygen atoms in total. The van der Waals surface area contributed by atoms with Crippen molar-refractivity contribution in [2.75, 3.05) is 4.90 Å². The minimum absolute atomic E-state index is 0.129. The van der Waals surface area contributed by atoms with Crippen molar-refractivity contribution in [1.29, 1.82) is 0 Å². The number of phenolic OH excluding ortho intramolecular Hbond substituents is 1. The average molecular weight is 537 g/mol. The summed E-state index contributed by atoms with van der Waals surface area (Å²) >= 11 is 14.9. The van der Waals surface area contributed by atoms with Crippen molar-refractivity contribution in [2.45, 2.75) is 43.7 Å². The fourth-order valence-corrected chi connectivity index (χ4v) is 6.51. The number of hydrogen-bond acceptors (Lipinski definition) is 6. The van der Waals surface area contributed by atoms with E-state index in [-0.39, 0.29) is 24.0 Å². The summed E-state index contributed by atoms with van der Waals surface area (Å²) in [6, 6.07) is 8.79. The van der Waals surface area contributed by atoms with E-state index in [0.717, 1.165) is 22.3 Å². The molecule has 0 radical (unpaired) electrons. The first kappa shape index (κ1) is 24.9. The summed E-state index contributed by atoms with van der Waals surface area (Å²) in [6.07, 6.45) is -0.287. The molecule has 0 spiro atoms. The standard InChI is InChI=1S/C24H22Cl2N2O4S2/c1-11(2)14-8-15(12(3)6-19(14)29)18-10-33-24(27-18)28-22(32)20(9-21(30)31)34-23(28)13-4-5-16(25)17(26)7-13/h4-8,10-11,20,23,29H,9H2,1-3H3,(H,30,31). The maximum atomic E-state index is 13.3. The third-order valence-corrected chi connectivity index (χ3v) is 8.62. The Balaban J connectivity index is 1.76. The van der Waals surface area contributed by atoms with Crippen LogP contribution in [0.15, 0.2) is 35.7 Å². The smallest absolute Gasteiger partial charge is 0.305 e. The summed E-state index contributed by atoms with van der Waals surface area (Å²) in [7, 11) is 0. The number of aromatic nitrogens is 1. The third kappa shape index (κ3) is 4.77. The zero-order valence-electron chi connectivity index (χ0n) is 18.6. The number of aliphatic carboxylic acids is 1. The fourth-order valence-electron chi connectivity index (χ4n) is 3.87. The Bertz CT molecular complexity index is 1280. The molecule has 0 bridgehead atoms. The number of amides is 1. The molecule has 34 heavy (non-hydrogen) atoms. The summed E-state index contributed by atoms with van der Waals surface area (Å²) in [5.41, 5.74) is 3.98. The highest BCUT2D eigenvalue weighted by molar-refractivity contribution is 8.01. The maximum Gasteiger partial charge on any atom is 0.305 e. The molecule has 0 saturated carbocycles. The fraction of sp³-hybridized carbons (Fsp3) is 0.292. The summed E-state index contributed by atoms with van der Waals surface area (Å²) in [5.74, 6) is -0.977. The Hall–Kier alpha value is -2.26. The quantitative estimate of drug-likeness (QED) is 0.356. The Labute approximate surface area is 215 Å². The van der Waals surface area contributed by atoms with E-state index in [9.17, 15) is 19.8 Å². The number of carboxylic acid groups (broad SMARTS) is 1. The van der Waals surface area contributed by atoms with E-state index in [1.807, 2.05) is 32.2 Å². The van der Waals surface area contributed by atoms with E-state index in [2.05, 4.69) is 0 Å². The van der Waals surface area contributed by atoms with Crippen molar-refractivity contribution in [1.82, 2.24) is 4.98 Å². The zero-order chi connectivity index (χ0) is 24.7. The molecule has 2 aromatic carbocycles. The second-order valence-corrected chi connectivity index (χ2v) is 11.3. The minimum Gasteiger partial charge on any atom is -0.508 e. The molecule has 1 amide bonds. The Morgan fingerprint density at radius 2 is 1.94 bits per heavy atom.